The normalized spacial score (nSPS) is 18.9. The summed E-state index contributed by atoms with van der Waals surface area (Å²) >= 11 is 0.860. The highest BCUT2D eigenvalue weighted by Crippen LogP contribution is 2.25. The van der Waals surface area contributed by atoms with Gasteiger partial charge in [0.25, 0.3) is 11.1 Å². The van der Waals surface area contributed by atoms with Gasteiger partial charge in [-0.3, -0.25) is 20.3 Å². The van der Waals surface area contributed by atoms with E-state index in [1.807, 2.05) is 9.80 Å². The number of carbonyl (C=O) groups excluding carboxylic acids is 2. The van der Waals surface area contributed by atoms with Crippen LogP contribution in [0.2, 0.25) is 0 Å². The van der Waals surface area contributed by atoms with Crippen LogP contribution in [0.25, 0.3) is 6.08 Å². The molecule has 0 atom stereocenters. The minimum Gasteiger partial charge on any atom is -0.461 e. The van der Waals surface area contributed by atoms with Gasteiger partial charge in [0.05, 0.1) is 16.9 Å². The third kappa shape index (κ3) is 3.70. The molecule has 0 aliphatic carbocycles. The summed E-state index contributed by atoms with van der Waals surface area (Å²) in [6, 6.07) is 5.23. The van der Waals surface area contributed by atoms with Crippen molar-refractivity contribution in [2.45, 2.75) is 0 Å². The molecule has 2 aliphatic heterocycles. The molecular weight excluding hydrogens is 368 g/mol. The number of nitrogens with one attached hydrogen (secondary N) is 2. The highest BCUT2D eigenvalue weighted by molar-refractivity contribution is 8.18. The fraction of sp³-hybridized carbons (Fsp3) is 0.235. The van der Waals surface area contributed by atoms with Crippen LogP contribution < -0.4 is 10.2 Å². The molecule has 138 valence electrons. The number of hydrogen-bond acceptors (Lipinski definition) is 8. The Morgan fingerprint density at radius 3 is 2.74 bits per heavy atom. The lowest BCUT2D eigenvalue weighted by Crippen LogP contribution is -2.49. The second kappa shape index (κ2) is 7.23. The molecule has 2 saturated heterocycles. The van der Waals surface area contributed by atoms with E-state index in [0.29, 0.717) is 54.3 Å². The lowest BCUT2D eigenvalue weighted by molar-refractivity contribution is -0.115. The average molecular weight is 384 g/mol. The maximum Gasteiger partial charge on any atom is 0.290 e. The van der Waals surface area contributed by atoms with Crippen LogP contribution in [0.5, 0.6) is 0 Å². The Bertz CT molecular complexity index is 919. The van der Waals surface area contributed by atoms with Gasteiger partial charge in [-0.2, -0.15) is 0 Å². The van der Waals surface area contributed by atoms with Crippen LogP contribution >= 0.6 is 11.8 Å². The van der Waals surface area contributed by atoms with Gasteiger partial charge in [0.15, 0.2) is 11.6 Å². The zero-order valence-corrected chi connectivity index (χ0v) is 15.0. The van der Waals surface area contributed by atoms with E-state index in [2.05, 4.69) is 15.3 Å². The topological polar surface area (TPSA) is 115 Å². The number of nitrogens with zero attached hydrogens (tertiary/aromatic N) is 4. The van der Waals surface area contributed by atoms with Gasteiger partial charge < -0.3 is 14.2 Å². The van der Waals surface area contributed by atoms with Crippen LogP contribution in [0.4, 0.5) is 10.7 Å². The Balaban J connectivity index is 1.43. The molecule has 2 aromatic rings. The summed E-state index contributed by atoms with van der Waals surface area (Å²) in [6.45, 7) is 2.63. The molecule has 2 aromatic heterocycles. The number of carbonyl (C=O) groups is 2. The molecule has 2 amide bonds. The van der Waals surface area contributed by atoms with Crippen molar-refractivity contribution < 1.29 is 14.0 Å². The number of furan rings is 1. The van der Waals surface area contributed by atoms with E-state index in [1.54, 1.807) is 36.7 Å². The predicted octanol–water partition coefficient (Wildman–Crippen LogP) is 1.54. The number of amides is 2. The summed E-state index contributed by atoms with van der Waals surface area (Å²) in [4.78, 5) is 36.0. The fourth-order valence-electron chi connectivity index (χ4n) is 2.85. The van der Waals surface area contributed by atoms with Gasteiger partial charge in [0.2, 0.25) is 5.95 Å². The number of aromatic nitrogens is 2. The summed E-state index contributed by atoms with van der Waals surface area (Å²) in [5, 5.41) is 10.1. The van der Waals surface area contributed by atoms with Crippen molar-refractivity contribution in [3.63, 3.8) is 0 Å². The third-order valence-electron chi connectivity index (χ3n) is 4.22. The maximum absolute atomic E-state index is 11.7. The van der Waals surface area contributed by atoms with Crippen molar-refractivity contribution in [2.75, 3.05) is 31.1 Å². The molecule has 0 bridgehead atoms. The maximum atomic E-state index is 11.7. The largest absolute Gasteiger partial charge is 0.461 e. The Labute approximate surface area is 159 Å². The van der Waals surface area contributed by atoms with Crippen molar-refractivity contribution in [1.29, 1.82) is 5.41 Å². The molecule has 0 spiro atoms. The van der Waals surface area contributed by atoms with Crippen molar-refractivity contribution in [3.8, 4) is 0 Å². The molecule has 0 aromatic carbocycles. The van der Waals surface area contributed by atoms with Crippen molar-refractivity contribution >= 4 is 40.8 Å². The molecular formula is C17H16N6O3S. The van der Waals surface area contributed by atoms with Gasteiger partial charge in [-0.1, -0.05) is 0 Å². The molecule has 0 radical (unpaired) electrons. The first kappa shape index (κ1) is 17.3. The Hall–Kier alpha value is -3.14. The number of hydrogen-bond donors (Lipinski definition) is 2. The summed E-state index contributed by atoms with van der Waals surface area (Å²) < 4.78 is 5.29. The van der Waals surface area contributed by atoms with Gasteiger partial charge in [0.1, 0.15) is 0 Å². The second-order valence-corrected chi connectivity index (χ2v) is 6.95. The zero-order valence-electron chi connectivity index (χ0n) is 14.2. The molecule has 9 nitrogen and oxygen atoms in total. The molecule has 27 heavy (non-hydrogen) atoms. The van der Waals surface area contributed by atoms with Crippen LogP contribution in [-0.2, 0) is 4.79 Å². The standard InChI is InChI=1S/C17H16N6O3S/c18-14(12-2-1-9-26-12)22-5-7-23(8-6-22)16-19-4-3-11(20-16)10-13-15(24)21-17(25)27-13/h1-4,9-10,18H,5-8H2,(H,21,24,25)/b13-10-,18-14?. The van der Waals surface area contributed by atoms with Crippen LogP contribution in [0.3, 0.4) is 0 Å². The van der Waals surface area contributed by atoms with Crippen LogP contribution in [0.15, 0.2) is 40.0 Å². The fourth-order valence-corrected chi connectivity index (χ4v) is 3.52. The van der Waals surface area contributed by atoms with E-state index in [4.69, 9.17) is 9.83 Å². The van der Waals surface area contributed by atoms with E-state index in [9.17, 15) is 9.59 Å². The van der Waals surface area contributed by atoms with Crippen molar-refractivity contribution in [2.24, 2.45) is 0 Å². The van der Waals surface area contributed by atoms with E-state index in [0.717, 1.165) is 11.8 Å². The van der Waals surface area contributed by atoms with E-state index >= 15 is 0 Å². The highest BCUT2D eigenvalue weighted by atomic mass is 32.2. The van der Waals surface area contributed by atoms with E-state index in [-0.39, 0.29) is 5.24 Å². The molecule has 0 saturated carbocycles. The molecule has 2 N–H and O–H groups in total. The lowest BCUT2D eigenvalue weighted by Gasteiger charge is -2.35. The number of amidine groups is 1. The summed E-state index contributed by atoms with van der Waals surface area (Å²) in [7, 11) is 0. The van der Waals surface area contributed by atoms with Crippen molar-refractivity contribution in [1.82, 2.24) is 20.2 Å². The smallest absolute Gasteiger partial charge is 0.290 e. The molecule has 4 rings (SSSR count). The zero-order chi connectivity index (χ0) is 18.8. The molecule has 0 unspecified atom stereocenters. The summed E-state index contributed by atoms with van der Waals surface area (Å²) in [6.07, 6.45) is 4.77. The first-order valence-corrected chi connectivity index (χ1v) is 9.12. The quantitative estimate of drug-likeness (QED) is 0.465. The number of thioether (sulfide) groups is 1. The first-order valence-electron chi connectivity index (χ1n) is 8.30. The number of imide groups is 1. The first-order chi connectivity index (χ1) is 13.1. The van der Waals surface area contributed by atoms with Gasteiger partial charge in [-0.15, -0.1) is 0 Å². The van der Waals surface area contributed by atoms with Gasteiger partial charge in [-0.05, 0) is 36.0 Å². The average Bonchev–Trinajstić information content (AvgIpc) is 3.32. The van der Waals surface area contributed by atoms with Gasteiger partial charge in [0, 0.05) is 32.4 Å². The predicted molar refractivity (Wildman–Crippen MR) is 100 cm³/mol. The SMILES string of the molecule is N=C(c1ccco1)N1CCN(c2nccc(/C=C3\SC(=O)NC3=O)n2)CC1. The third-order valence-corrected chi connectivity index (χ3v) is 5.03. The minimum absolute atomic E-state index is 0.321. The molecule has 4 heterocycles. The minimum atomic E-state index is -0.407. The van der Waals surface area contributed by atoms with E-state index < -0.39 is 5.91 Å². The van der Waals surface area contributed by atoms with Crippen LogP contribution in [0.1, 0.15) is 11.5 Å². The van der Waals surface area contributed by atoms with E-state index in [1.165, 1.54) is 0 Å². The Morgan fingerprint density at radius 1 is 1.26 bits per heavy atom. The number of piperazine rings is 1. The summed E-state index contributed by atoms with van der Waals surface area (Å²) in [5.41, 5.74) is 0.568. The van der Waals surface area contributed by atoms with Crippen LogP contribution in [-0.4, -0.2) is 58.0 Å². The lowest BCUT2D eigenvalue weighted by atomic mass is 10.3. The Kier molecular flexibility index (Phi) is 4.63. The van der Waals surface area contributed by atoms with Crippen molar-refractivity contribution in [3.05, 3.63) is 47.0 Å². The van der Waals surface area contributed by atoms with Crippen LogP contribution in [0, 0.1) is 5.41 Å². The number of rotatable bonds is 3. The molecule has 2 fully saturated rings. The molecule has 2 aliphatic rings. The highest BCUT2D eigenvalue weighted by Gasteiger charge is 2.26. The monoisotopic (exact) mass is 384 g/mol. The second-order valence-electron chi connectivity index (χ2n) is 5.93. The van der Waals surface area contributed by atoms with Gasteiger partial charge in [-0.25, -0.2) is 9.97 Å². The summed E-state index contributed by atoms with van der Waals surface area (Å²) in [5.74, 6) is 1.07. The number of anilines is 1. The molecule has 10 heteroatoms. The Morgan fingerprint density at radius 2 is 2.07 bits per heavy atom. The van der Waals surface area contributed by atoms with Gasteiger partial charge >= 0.3 is 0 Å².